The number of hydrogen-bond acceptors (Lipinski definition) is 6. The summed E-state index contributed by atoms with van der Waals surface area (Å²) >= 11 is 1.16. The zero-order valence-electron chi connectivity index (χ0n) is 23.8. The van der Waals surface area contributed by atoms with Crippen LogP contribution in [-0.2, 0) is 19.5 Å². The van der Waals surface area contributed by atoms with Gasteiger partial charge in [-0.3, -0.25) is 4.55 Å². The fourth-order valence-electron chi connectivity index (χ4n) is 5.34. The minimum atomic E-state index is -3.85. The normalized spacial score (nSPS) is 12.9. The van der Waals surface area contributed by atoms with Crippen LogP contribution < -0.4 is 0 Å². The number of nitrogens with zero attached hydrogens (tertiary/aromatic N) is 2. The number of rotatable bonds is 27. The third kappa shape index (κ3) is 18.3. The van der Waals surface area contributed by atoms with Crippen molar-refractivity contribution in [1.82, 2.24) is 0 Å². The summed E-state index contributed by atoms with van der Waals surface area (Å²) in [5, 5.41) is 11.9. The highest BCUT2D eigenvalue weighted by molar-refractivity contribution is 7.94. The van der Waals surface area contributed by atoms with E-state index in [4.69, 9.17) is 9.81 Å². The van der Waals surface area contributed by atoms with Gasteiger partial charge in [-0.05, 0) is 53.4 Å². The van der Waals surface area contributed by atoms with Crippen LogP contribution in [0.25, 0.3) is 0 Å². The van der Waals surface area contributed by atoms with E-state index < -0.39 is 10.1 Å². The molecule has 8 nitrogen and oxygen atoms in total. The van der Waals surface area contributed by atoms with E-state index in [9.17, 15) is 8.42 Å². The molecule has 0 aliphatic heterocycles. The van der Waals surface area contributed by atoms with Crippen molar-refractivity contribution in [2.75, 3.05) is 63.9 Å². The summed E-state index contributed by atoms with van der Waals surface area (Å²) in [5.74, 6) is 0.705. The maximum Gasteiger partial charge on any atom is 0.265 e. The van der Waals surface area contributed by atoms with Crippen molar-refractivity contribution in [3.05, 3.63) is 0 Å². The first-order chi connectivity index (χ1) is 17.2. The van der Waals surface area contributed by atoms with Gasteiger partial charge < -0.3 is 8.97 Å². The van der Waals surface area contributed by atoms with E-state index in [1.165, 1.54) is 83.8 Å². The van der Waals surface area contributed by atoms with E-state index in [2.05, 4.69) is 37.1 Å². The quantitative estimate of drug-likeness (QED) is 0.0303. The summed E-state index contributed by atoms with van der Waals surface area (Å²) in [6, 6.07) is 0. The standard InChI is InChI=1S/C26H56N2O6S2/c1-5-27(6-2,23-19-25-35-34-33-29)21-17-15-13-11-9-10-12-14-16-18-22-28(7-3,8-4)24-20-26-36(30,31)32/h5-26H2,1-4H3/p+2. The third-order valence-corrected chi connectivity index (χ3v) is 9.59. The summed E-state index contributed by atoms with van der Waals surface area (Å²) in [5.41, 5.74) is 0. The molecule has 0 heterocycles. The van der Waals surface area contributed by atoms with Crippen molar-refractivity contribution < 1.29 is 36.6 Å². The molecule has 2 N–H and O–H groups in total. The molecule has 0 aromatic carbocycles. The number of hydrogen-bond donors (Lipinski definition) is 2. The molecule has 0 aliphatic carbocycles. The molecule has 36 heavy (non-hydrogen) atoms. The van der Waals surface area contributed by atoms with E-state index in [1.807, 2.05) is 0 Å². The van der Waals surface area contributed by atoms with Gasteiger partial charge >= 0.3 is 0 Å². The monoisotopic (exact) mass is 558 g/mol. The zero-order valence-corrected chi connectivity index (χ0v) is 25.4. The first-order valence-electron chi connectivity index (χ1n) is 14.5. The van der Waals surface area contributed by atoms with Gasteiger partial charge in [0, 0.05) is 30.6 Å². The van der Waals surface area contributed by atoms with Crippen molar-refractivity contribution in [3.8, 4) is 0 Å². The van der Waals surface area contributed by atoms with E-state index in [-0.39, 0.29) is 5.75 Å². The molecule has 0 atom stereocenters. The number of unbranched alkanes of at least 4 members (excludes halogenated alkanes) is 9. The molecule has 0 radical (unpaired) electrons. The van der Waals surface area contributed by atoms with Crippen LogP contribution in [0.3, 0.4) is 0 Å². The van der Waals surface area contributed by atoms with Gasteiger partial charge in [-0.15, -0.1) is 4.33 Å². The minimum Gasteiger partial charge on any atom is -0.324 e. The average molecular weight is 559 g/mol. The van der Waals surface area contributed by atoms with E-state index in [0.717, 1.165) is 65.9 Å². The van der Waals surface area contributed by atoms with Crippen LogP contribution in [0.15, 0.2) is 0 Å². The fraction of sp³-hybridized carbons (Fsp3) is 1.00. The van der Waals surface area contributed by atoms with Crippen LogP contribution in [0.5, 0.6) is 0 Å². The summed E-state index contributed by atoms with van der Waals surface area (Å²) in [6.45, 7) is 17.7. The second-order valence-corrected chi connectivity index (χ2v) is 12.7. The summed E-state index contributed by atoms with van der Waals surface area (Å²) < 4.78 is 37.6. The number of quaternary nitrogens is 2. The van der Waals surface area contributed by atoms with Gasteiger partial charge in [0.2, 0.25) is 0 Å². The highest BCUT2D eigenvalue weighted by Crippen LogP contribution is 2.17. The SMILES string of the molecule is CC[N+](CC)(CCCCCCCCCCCC[N+](CC)(CC)CCCS(=O)(=O)O)CCCSOOO. The van der Waals surface area contributed by atoms with E-state index in [0.29, 0.717) is 6.42 Å². The van der Waals surface area contributed by atoms with Gasteiger partial charge in [0.05, 0.1) is 58.1 Å². The Morgan fingerprint density at radius 3 is 1.33 bits per heavy atom. The first-order valence-corrected chi connectivity index (χ1v) is 17.0. The summed E-state index contributed by atoms with van der Waals surface area (Å²) in [6.07, 6.45) is 14.6. The minimum absolute atomic E-state index is 0.123. The molecular formula is C26H58N2O6S2+2. The maximum absolute atomic E-state index is 11.0. The van der Waals surface area contributed by atoms with Crippen LogP contribution in [0.2, 0.25) is 0 Å². The average Bonchev–Trinajstić information content (AvgIpc) is 2.86. The van der Waals surface area contributed by atoms with Crippen LogP contribution in [0.1, 0.15) is 105 Å². The Hall–Kier alpha value is 0.0600. The highest BCUT2D eigenvalue weighted by atomic mass is 32.2. The lowest BCUT2D eigenvalue weighted by Crippen LogP contribution is -2.49. The fourth-order valence-corrected chi connectivity index (χ4v) is 6.19. The Morgan fingerprint density at radius 1 is 0.611 bits per heavy atom. The van der Waals surface area contributed by atoms with E-state index >= 15 is 0 Å². The lowest BCUT2D eigenvalue weighted by atomic mass is 10.1. The lowest BCUT2D eigenvalue weighted by Gasteiger charge is -2.37. The van der Waals surface area contributed by atoms with Crippen LogP contribution in [0, 0.1) is 0 Å². The molecule has 0 rings (SSSR count). The Balaban J connectivity index is 3.85. The molecular weight excluding hydrogens is 500 g/mol. The predicted molar refractivity (Wildman–Crippen MR) is 151 cm³/mol. The molecule has 0 saturated heterocycles. The molecule has 0 aromatic rings. The maximum atomic E-state index is 11.0. The second kappa shape index (κ2) is 21.9. The first kappa shape index (κ1) is 36.1. The van der Waals surface area contributed by atoms with Gasteiger partial charge in [-0.25, -0.2) is 5.26 Å². The molecule has 0 unspecified atom stereocenters. The Bertz CT molecular complexity index is 599. The largest absolute Gasteiger partial charge is 0.324 e. The van der Waals surface area contributed by atoms with Crippen LogP contribution in [0.4, 0.5) is 0 Å². The summed E-state index contributed by atoms with van der Waals surface area (Å²) in [4.78, 5) is 0. The van der Waals surface area contributed by atoms with Crippen molar-refractivity contribution in [3.63, 3.8) is 0 Å². The summed E-state index contributed by atoms with van der Waals surface area (Å²) in [7, 11) is -3.85. The molecule has 0 aliphatic rings. The van der Waals surface area contributed by atoms with Gasteiger partial charge in [0.25, 0.3) is 10.1 Å². The van der Waals surface area contributed by atoms with Gasteiger partial charge in [-0.2, -0.15) is 8.42 Å². The molecule has 0 aromatic heterocycles. The second-order valence-electron chi connectivity index (χ2n) is 10.3. The van der Waals surface area contributed by atoms with Gasteiger partial charge in [-0.1, -0.05) is 43.6 Å². The molecule has 10 heteroatoms. The molecule has 218 valence electrons. The Kier molecular flexibility index (Phi) is 22.0. The Morgan fingerprint density at radius 2 is 0.972 bits per heavy atom. The zero-order chi connectivity index (χ0) is 27.2. The highest BCUT2D eigenvalue weighted by Gasteiger charge is 2.23. The smallest absolute Gasteiger partial charge is 0.265 e. The van der Waals surface area contributed by atoms with Crippen molar-refractivity contribution >= 4 is 22.2 Å². The Labute approximate surface area is 227 Å². The predicted octanol–water partition coefficient (Wildman–Crippen LogP) is 6.34. The van der Waals surface area contributed by atoms with Gasteiger partial charge in [0.1, 0.15) is 0 Å². The molecule has 0 bridgehead atoms. The van der Waals surface area contributed by atoms with Crippen LogP contribution in [-0.4, -0.2) is 91.1 Å². The molecule has 0 saturated carbocycles. The van der Waals surface area contributed by atoms with Gasteiger partial charge in [0.15, 0.2) is 0 Å². The molecule has 0 fully saturated rings. The van der Waals surface area contributed by atoms with Crippen LogP contribution >= 0.6 is 12.0 Å². The topological polar surface area (TPSA) is 93.1 Å². The third-order valence-electron chi connectivity index (χ3n) is 8.17. The molecule has 0 amide bonds. The van der Waals surface area contributed by atoms with Crippen molar-refractivity contribution in [2.24, 2.45) is 0 Å². The van der Waals surface area contributed by atoms with E-state index in [1.54, 1.807) is 0 Å². The molecule has 0 spiro atoms. The van der Waals surface area contributed by atoms with Crippen molar-refractivity contribution in [1.29, 1.82) is 0 Å². The lowest BCUT2D eigenvalue weighted by molar-refractivity contribution is -0.925. The van der Waals surface area contributed by atoms with Crippen molar-refractivity contribution in [2.45, 2.75) is 105 Å².